The van der Waals surface area contributed by atoms with Crippen LogP contribution in [0, 0.1) is 0 Å². The molecule has 0 aromatic heterocycles. The van der Waals surface area contributed by atoms with Crippen LogP contribution in [0.5, 0.6) is 0 Å². The van der Waals surface area contributed by atoms with Gasteiger partial charge in [0.05, 0.1) is 0 Å². The molecule has 25 heavy (non-hydrogen) atoms. The van der Waals surface area contributed by atoms with Crippen LogP contribution >= 0.6 is 6.60 Å². The van der Waals surface area contributed by atoms with E-state index >= 15 is 0 Å². The molecule has 0 bridgehead atoms. The second-order valence-corrected chi connectivity index (χ2v) is 12.0. The molecule has 3 aromatic rings. The van der Waals surface area contributed by atoms with Gasteiger partial charge in [0.2, 0.25) is 0 Å². The van der Waals surface area contributed by atoms with Crippen LogP contribution in [0.1, 0.15) is 0 Å². The van der Waals surface area contributed by atoms with Crippen molar-refractivity contribution in [1.29, 1.82) is 0 Å². The number of rotatable bonds is 4. The zero-order valence-corrected chi connectivity index (χ0v) is 15.3. The van der Waals surface area contributed by atoms with E-state index in [9.17, 15) is 0 Å². The quantitative estimate of drug-likeness (QED) is 0.671. The Labute approximate surface area is 149 Å². The van der Waals surface area contributed by atoms with Crippen molar-refractivity contribution in [3.8, 4) is 0 Å². The topological polar surface area (TPSA) is 18.5 Å². The average molecular weight is 350 g/mol. The van der Waals surface area contributed by atoms with Gasteiger partial charge in [-0.25, -0.2) is 0 Å². The first-order chi connectivity index (χ1) is 12.2. The zero-order valence-electron chi connectivity index (χ0n) is 14.4. The molecule has 128 valence electrons. The summed E-state index contributed by atoms with van der Waals surface area (Å²) in [6, 6.07) is 32.0. The van der Waals surface area contributed by atoms with Gasteiger partial charge in [-0.15, -0.1) is 0 Å². The molecule has 0 amide bonds. The van der Waals surface area contributed by atoms with Gasteiger partial charge >= 0.3 is 149 Å². The summed E-state index contributed by atoms with van der Waals surface area (Å²) in [5, 5.41) is 3.87. The first kappa shape index (κ1) is 16.5. The van der Waals surface area contributed by atoms with Crippen LogP contribution in [0.25, 0.3) is 0 Å². The van der Waals surface area contributed by atoms with Crippen molar-refractivity contribution in [2.75, 3.05) is 19.9 Å². The van der Waals surface area contributed by atoms with Crippen LogP contribution in [0.4, 0.5) is 0 Å². The second-order valence-electron chi connectivity index (χ2n) is 6.71. The molecule has 1 saturated heterocycles. The summed E-state index contributed by atoms with van der Waals surface area (Å²) in [6.07, 6.45) is 0. The Balaban J connectivity index is 2.12. The number of ether oxygens (including phenoxy) is 2. The summed E-state index contributed by atoms with van der Waals surface area (Å²) in [5.41, 5.74) is 0. The fraction of sp³-hybridized carbons (Fsp3) is 0.182. The minimum absolute atomic E-state index is 0.266. The van der Waals surface area contributed by atoms with E-state index in [1.165, 1.54) is 15.9 Å². The van der Waals surface area contributed by atoms with Crippen molar-refractivity contribution >= 4 is 22.5 Å². The maximum absolute atomic E-state index is 6.22. The SMILES string of the molecule is CP(c1ccccc1)(c1ccccc1)(c1ccccc1)C1OCCO1. The van der Waals surface area contributed by atoms with Gasteiger partial charge in [0.15, 0.2) is 0 Å². The third-order valence-corrected chi connectivity index (χ3v) is 11.6. The third-order valence-electron chi connectivity index (χ3n) is 5.40. The maximum atomic E-state index is 6.22. The Hall–Kier alpha value is -1.99. The predicted octanol–water partition coefficient (Wildman–Crippen LogP) is 3.48. The Morgan fingerprint density at radius 3 is 1.24 bits per heavy atom. The van der Waals surface area contributed by atoms with E-state index in [2.05, 4.69) is 97.7 Å². The Morgan fingerprint density at radius 2 is 0.920 bits per heavy atom. The van der Waals surface area contributed by atoms with Gasteiger partial charge < -0.3 is 0 Å². The van der Waals surface area contributed by atoms with Crippen molar-refractivity contribution in [2.24, 2.45) is 0 Å². The van der Waals surface area contributed by atoms with E-state index in [0.717, 1.165) is 0 Å². The molecule has 1 aliphatic heterocycles. The van der Waals surface area contributed by atoms with Crippen LogP contribution in [0.2, 0.25) is 0 Å². The molecule has 0 spiro atoms. The second kappa shape index (κ2) is 6.38. The van der Waals surface area contributed by atoms with Gasteiger partial charge in [-0.3, -0.25) is 0 Å². The molecule has 0 aliphatic carbocycles. The van der Waals surface area contributed by atoms with Crippen molar-refractivity contribution in [3.05, 3.63) is 91.0 Å². The summed E-state index contributed by atoms with van der Waals surface area (Å²) in [6.45, 7) is 0.711. The molecule has 2 nitrogen and oxygen atoms in total. The molecule has 1 aliphatic rings. The number of hydrogen-bond donors (Lipinski definition) is 0. The Morgan fingerprint density at radius 1 is 0.600 bits per heavy atom. The first-order valence-electron chi connectivity index (χ1n) is 8.66. The Bertz CT molecular complexity index is 728. The van der Waals surface area contributed by atoms with Crippen LogP contribution in [-0.2, 0) is 9.47 Å². The fourth-order valence-corrected chi connectivity index (χ4v) is 9.37. The molecule has 0 N–H and O–H groups in total. The van der Waals surface area contributed by atoms with E-state index in [1.54, 1.807) is 0 Å². The molecular weight excluding hydrogens is 327 g/mol. The first-order valence-corrected chi connectivity index (χ1v) is 11.4. The molecule has 1 fully saturated rings. The van der Waals surface area contributed by atoms with Gasteiger partial charge in [-0.1, -0.05) is 0 Å². The predicted molar refractivity (Wildman–Crippen MR) is 107 cm³/mol. The minimum atomic E-state index is -2.95. The van der Waals surface area contributed by atoms with E-state index in [-0.39, 0.29) is 6.03 Å². The molecule has 0 atom stereocenters. The summed E-state index contributed by atoms with van der Waals surface area (Å²) >= 11 is 0. The van der Waals surface area contributed by atoms with Crippen LogP contribution in [-0.4, -0.2) is 25.9 Å². The van der Waals surface area contributed by atoms with Gasteiger partial charge in [0, 0.05) is 0 Å². The van der Waals surface area contributed by atoms with Gasteiger partial charge in [0.25, 0.3) is 0 Å². The van der Waals surface area contributed by atoms with Gasteiger partial charge in [0.1, 0.15) is 0 Å². The molecule has 0 unspecified atom stereocenters. The van der Waals surface area contributed by atoms with Crippen molar-refractivity contribution < 1.29 is 9.47 Å². The summed E-state index contributed by atoms with van der Waals surface area (Å²) in [5.74, 6) is 0. The van der Waals surface area contributed by atoms with Crippen LogP contribution < -0.4 is 15.9 Å². The van der Waals surface area contributed by atoms with Crippen LogP contribution in [0.15, 0.2) is 91.0 Å². The van der Waals surface area contributed by atoms with E-state index < -0.39 is 6.60 Å². The molecule has 0 radical (unpaired) electrons. The van der Waals surface area contributed by atoms with E-state index in [0.29, 0.717) is 13.2 Å². The van der Waals surface area contributed by atoms with Gasteiger partial charge in [-0.05, 0) is 0 Å². The summed E-state index contributed by atoms with van der Waals surface area (Å²) < 4.78 is 12.4. The number of benzene rings is 3. The van der Waals surface area contributed by atoms with Crippen LogP contribution in [0.3, 0.4) is 0 Å². The molecule has 4 rings (SSSR count). The zero-order chi connectivity index (χ0) is 17.2. The normalized spacial score (nSPS) is 17.1. The fourth-order valence-electron chi connectivity index (χ4n) is 3.97. The van der Waals surface area contributed by atoms with Crippen molar-refractivity contribution in [1.82, 2.24) is 0 Å². The standard InChI is InChI=1S/C22H23O2P/c1-25(22-23-17-18-24-22,19-11-5-2-6-12-19,20-13-7-3-8-14-20)21-15-9-4-10-16-21/h2-16,22H,17-18H2,1H3. The van der Waals surface area contributed by atoms with E-state index in [4.69, 9.17) is 9.47 Å². The van der Waals surface area contributed by atoms with E-state index in [1.807, 2.05) is 0 Å². The molecule has 0 saturated carbocycles. The van der Waals surface area contributed by atoms with Crippen molar-refractivity contribution in [2.45, 2.75) is 6.03 Å². The Kier molecular flexibility index (Phi) is 4.21. The average Bonchev–Trinajstić information content (AvgIpc) is 3.25. The summed E-state index contributed by atoms with van der Waals surface area (Å²) in [7, 11) is 0. The third kappa shape index (κ3) is 2.37. The molecule has 3 heteroatoms. The molecule has 1 heterocycles. The molecule has 3 aromatic carbocycles. The van der Waals surface area contributed by atoms with Crippen molar-refractivity contribution in [3.63, 3.8) is 0 Å². The molecular formula is C22H23O2P. The number of hydrogen-bond acceptors (Lipinski definition) is 2. The monoisotopic (exact) mass is 350 g/mol. The van der Waals surface area contributed by atoms with Gasteiger partial charge in [-0.2, -0.15) is 0 Å². The summed E-state index contributed by atoms with van der Waals surface area (Å²) in [4.78, 5) is 0.